The van der Waals surface area contributed by atoms with Crippen LogP contribution in [0.5, 0.6) is 0 Å². The minimum absolute atomic E-state index is 0.274. The third kappa shape index (κ3) is 4.94. The molecule has 0 unspecified atom stereocenters. The highest BCUT2D eigenvalue weighted by molar-refractivity contribution is 5.66. The Morgan fingerprint density at radius 2 is 1.94 bits per heavy atom. The molecule has 0 aromatic heterocycles. The van der Waals surface area contributed by atoms with Gasteiger partial charge in [0.05, 0.1) is 6.10 Å². The minimum atomic E-state index is -0.693. The molecule has 4 nitrogen and oxygen atoms in total. The molecule has 1 fully saturated rings. The number of methoxy groups -OCH3 is 1. The molecule has 106 valence electrons. The molecule has 0 aromatic carbocycles. The van der Waals surface area contributed by atoms with E-state index < -0.39 is 5.97 Å². The molecule has 1 aliphatic rings. The first-order valence-electron chi connectivity index (χ1n) is 7.05. The SMILES string of the molecule is COC1CCC(N(CCCC(=O)O)C(C)C)CC1. The molecule has 1 aliphatic carbocycles. The summed E-state index contributed by atoms with van der Waals surface area (Å²) in [6, 6.07) is 1.09. The van der Waals surface area contributed by atoms with Crippen molar-refractivity contribution in [1.82, 2.24) is 4.90 Å². The van der Waals surface area contributed by atoms with Gasteiger partial charge in [-0.25, -0.2) is 0 Å². The molecule has 1 N–H and O–H groups in total. The van der Waals surface area contributed by atoms with Crippen LogP contribution in [0.15, 0.2) is 0 Å². The number of nitrogens with zero attached hydrogens (tertiary/aromatic N) is 1. The van der Waals surface area contributed by atoms with Gasteiger partial charge in [-0.15, -0.1) is 0 Å². The summed E-state index contributed by atoms with van der Waals surface area (Å²) in [5, 5.41) is 8.71. The van der Waals surface area contributed by atoms with Crippen LogP contribution in [0.3, 0.4) is 0 Å². The van der Waals surface area contributed by atoms with Crippen molar-refractivity contribution >= 4 is 5.97 Å². The zero-order valence-corrected chi connectivity index (χ0v) is 11.9. The predicted molar refractivity (Wildman–Crippen MR) is 71.8 cm³/mol. The van der Waals surface area contributed by atoms with Gasteiger partial charge in [-0.1, -0.05) is 0 Å². The second-order valence-electron chi connectivity index (χ2n) is 5.50. The largest absolute Gasteiger partial charge is 0.481 e. The maximum atomic E-state index is 10.6. The maximum absolute atomic E-state index is 10.6. The first-order chi connectivity index (χ1) is 8.54. The van der Waals surface area contributed by atoms with Crippen LogP contribution in [-0.2, 0) is 9.53 Å². The van der Waals surface area contributed by atoms with Gasteiger partial charge < -0.3 is 9.84 Å². The normalized spacial score (nSPS) is 24.7. The summed E-state index contributed by atoms with van der Waals surface area (Å²) < 4.78 is 5.40. The van der Waals surface area contributed by atoms with Crippen molar-refractivity contribution in [3.05, 3.63) is 0 Å². The molecule has 1 rings (SSSR count). The summed E-state index contributed by atoms with van der Waals surface area (Å²) in [7, 11) is 1.79. The Bertz CT molecular complexity index is 247. The van der Waals surface area contributed by atoms with Gasteiger partial charge in [-0.3, -0.25) is 9.69 Å². The van der Waals surface area contributed by atoms with E-state index in [1.165, 1.54) is 12.8 Å². The molecule has 18 heavy (non-hydrogen) atoms. The fourth-order valence-electron chi connectivity index (χ4n) is 2.89. The van der Waals surface area contributed by atoms with Gasteiger partial charge in [0.25, 0.3) is 0 Å². The van der Waals surface area contributed by atoms with Crippen molar-refractivity contribution in [1.29, 1.82) is 0 Å². The molecule has 0 aromatic rings. The number of carboxylic acids is 1. The lowest BCUT2D eigenvalue weighted by Gasteiger charge is -2.39. The van der Waals surface area contributed by atoms with Crippen molar-refractivity contribution in [3.8, 4) is 0 Å². The first kappa shape index (κ1) is 15.4. The Labute approximate surface area is 110 Å². The van der Waals surface area contributed by atoms with Crippen LogP contribution in [0.2, 0.25) is 0 Å². The standard InChI is InChI=1S/C14H27NO3/c1-11(2)15(10-4-5-14(16)17)12-6-8-13(18-3)9-7-12/h11-13H,4-10H2,1-3H3,(H,16,17). The van der Waals surface area contributed by atoms with E-state index in [0.29, 0.717) is 18.2 Å². The van der Waals surface area contributed by atoms with Crippen molar-refractivity contribution in [2.75, 3.05) is 13.7 Å². The average Bonchev–Trinajstić information content (AvgIpc) is 2.34. The molecule has 0 atom stereocenters. The fraction of sp³-hybridized carbons (Fsp3) is 0.929. The highest BCUT2D eigenvalue weighted by Gasteiger charge is 2.26. The van der Waals surface area contributed by atoms with Crippen molar-refractivity contribution in [3.63, 3.8) is 0 Å². The first-order valence-corrected chi connectivity index (χ1v) is 7.05. The number of hydrogen-bond acceptors (Lipinski definition) is 3. The number of carboxylic acid groups (broad SMARTS) is 1. The third-order valence-corrected chi connectivity index (χ3v) is 3.92. The molecule has 0 spiro atoms. The van der Waals surface area contributed by atoms with Crippen LogP contribution in [0.25, 0.3) is 0 Å². The number of hydrogen-bond donors (Lipinski definition) is 1. The van der Waals surface area contributed by atoms with E-state index in [0.717, 1.165) is 25.8 Å². The number of ether oxygens (including phenoxy) is 1. The van der Waals surface area contributed by atoms with E-state index in [2.05, 4.69) is 18.7 Å². The summed E-state index contributed by atoms with van der Waals surface area (Å²) in [5.41, 5.74) is 0. The van der Waals surface area contributed by atoms with Crippen molar-refractivity contribution in [2.24, 2.45) is 0 Å². The number of aliphatic carboxylic acids is 1. The van der Waals surface area contributed by atoms with Gasteiger partial charge in [-0.2, -0.15) is 0 Å². The minimum Gasteiger partial charge on any atom is -0.481 e. The second kappa shape index (κ2) is 7.74. The van der Waals surface area contributed by atoms with Gasteiger partial charge in [-0.05, 0) is 52.5 Å². The molecule has 0 saturated heterocycles. The van der Waals surface area contributed by atoms with Crippen molar-refractivity contribution < 1.29 is 14.6 Å². The van der Waals surface area contributed by atoms with E-state index >= 15 is 0 Å². The lowest BCUT2D eigenvalue weighted by molar-refractivity contribution is -0.137. The molecular formula is C14H27NO3. The lowest BCUT2D eigenvalue weighted by atomic mass is 9.91. The van der Waals surface area contributed by atoms with E-state index in [4.69, 9.17) is 9.84 Å². The van der Waals surface area contributed by atoms with Crippen LogP contribution >= 0.6 is 0 Å². The molecule has 0 aliphatic heterocycles. The summed E-state index contributed by atoms with van der Waals surface area (Å²) in [6.45, 7) is 5.29. The fourth-order valence-corrected chi connectivity index (χ4v) is 2.89. The molecule has 0 radical (unpaired) electrons. The molecular weight excluding hydrogens is 230 g/mol. The van der Waals surface area contributed by atoms with Crippen molar-refractivity contribution in [2.45, 2.75) is 70.6 Å². The summed E-state index contributed by atoms with van der Waals surface area (Å²) >= 11 is 0. The summed E-state index contributed by atoms with van der Waals surface area (Å²) in [4.78, 5) is 13.0. The van der Waals surface area contributed by atoms with E-state index in [9.17, 15) is 4.79 Å². The maximum Gasteiger partial charge on any atom is 0.303 e. The van der Waals surface area contributed by atoms with Crippen LogP contribution in [0, 0.1) is 0 Å². The molecule has 1 saturated carbocycles. The van der Waals surface area contributed by atoms with Gasteiger partial charge in [0.15, 0.2) is 0 Å². The summed E-state index contributed by atoms with van der Waals surface area (Å²) in [6.07, 6.45) is 6.04. The monoisotopic (exact) mass is 257 g/mol. The second-order valence-corrected chi connectivity index (χ2v) is 5.50. The molecule has 4 heteroatoms. The van der Waals surface area contributed by atoms with Crippen LogP contribution in [-0.4, -0.2) is 47.8 Å². The predicted octanol–water partition coefficient (Wildman–Crippen LogP) is 2.52. The topological polar surface area (TPSA) is 49.8 Å². The van der Waals surface area contributed by atoms with E-state index in [-0.39, 0.29) is 6.42 Å². The van der Waals surface area contributed by atoms with Crippen LogP contribution in [0.4, 0.5) is 0 Å². The highest BCUT2D eigenvalue weighted by Crippen LogP contribution is 2.26. The molecule has 0 heterocycles. The Hall–Kier alpha value is -0.610. The highest BCUT2D eigenvalue weighted by atomic mass is 16.5. The average molecular weight is 257 g/mol. The Morgan fingerprint density at radius 1 is 1.33 bits per heavy atom. The number of carbonyl (C=O) groups is 1. The molecule has 0 amide bonds. The van der Waals surface area contributed by atoms with Gasteiger partial charge in [0, 0.05) is 25.6 Å². The van der Waals surface area contributed by atoms with Gasteiger partial charge >= 0.3 is 5.97 Å². The number of rotatable bonds is 7. The Balaban J connectivity index is 2.39. The lowest BCUT2D eigenvalue weighted by Crippen LogP contribution is -2.44. The third-order valence-electron chi connectivity index (χ3n) is 3.92. The Kier molecular flexibility index (Phi) is 6.65. The summed E-state index contributed by atoms with van der Waals surface area (Å²) in [5.74, 6) is -0.693. The van der Waals surface area contributed by atoms with Gasteiger partial charge in [0.2, 0.25) is 0 Å². The van der Waals surface area contributed by atoms with E-state index in [1.807, 2.05) is 0 Å². The zero-order valence-electron chi connectivity index (χ0n) is 11.9. The quantitative estimate of drug-likeness (QED) is 0.761. The Morgan fingerprint density at radius 3 is 2.39 bits per heavy atom. The van der Waals surface area contributed by atoms with E-state index in [1.54, 1.807) is 7.11 Å². The molecule has 0 bridgehead atoms. The smallest absolute Gasteiger partial charge is 0.303 e. The van der Waals surface area contributed by atoms with Gasteiger partial charge in [0.1, 0.15) is 0 Å². The zero-order chi connectivity index (χ0) is 13.5. The van der Waals surface area contributed by atoms with Crippen LogP contribution < -0.4 is 0 Å². The van der Waals surface area contributed by atoms with Crippen LogP contribution in [0.1, 0.15) is 52.4 Å².